The Morgan fingerprint density at radius 1 is 1.55 bits per heavy atom. The second-order valence-corrected chi connectivity index (χ2v) is 9.63. The Hall–Kier alpha value is -0.610. The molecular formula is C13H20N2O4S3. The molecule has 1 aliphatic rings. The summed E-state index contributed by atoms with van der Waals surface area (Å²) >= 11 is 2.85. The molecule has 6 nitrogen and oxygen atoms in total. The van der Waals surface area contributed by atoms with Crippen LogP contribution >= 0.6 is 23.1 Å². The highest BCUT2D eigenvalue weighted by atomic mass is 32.3. The van der Waals surface area contributed by atoms with Gasteiger partial charge in [0, 0.05) is 31.5 Å². The van der Waals surface area contributed by atoms with Gasteiger partial charge in [0.15, 0.2) is 0 Å². The van der Waals surface area contributed by atoms with Gasteiger partial charge in [0.2, 0.25) is 15.9 Å². The molecule has 0 aliphatic carbocycles. The van der Waals surface area contributed by atoms with Crippen molar-refractivity contribution >= 4 is 39.0 Å². The van der Waals surface area contributed by atoms with Crippen LogP contribution in [-0.2, 0) is 19.6 Å². The van der Waals surface area contributed by atoms with E-state index >= 15 is 0 Å². The lowest BCUT2D eigenvalue weighted by Crippen LogP contribution is -2.30. The summed E-state index contributed by atoms with van der Waals surface area (Å²) in [5, 5.41) is 8.45. The summed E-state index contributed by atoms with van der Waals surface area (Å²) in [7, 11) is -2.04. The third-order valence-electron chi connectivity index (χ3n) is 3.38. The molecule has 9 heteroatoms. The number of nitrogens with one attached hydrogen (secondary N) is 1. The molecule has 22 heavy (non-hydrogen) atoms. The number of hydrogen-bond acceptors (Lipinski definition) is 6. The van der Waals surface area contributed by atoms with Crippen LogP contribution in [0.15, 0.2) is 14.5 Å². The van der Waals surface area contributed by atoms with Gasteiger partial charge in [-0.15, -0.1) is 23.1 Å². The van der Waals surface area contributed by atoms with E-state index in [1.807, 2.05) is 0 Å². The number of thioether (sulfide) groups is 1. The maximum Gasteiger partial charge on any atom is 0.247 e. The minimum atomic E-state index is -3.71. The predicted molar refractivity (Wildman–Crippen MR) is 87.6 cm³/mol. The quantitative estimate of drug-likeness (QED) is 0.751. The Labute approximate surface area is 138 Å². The van der Waals surface area contributed by atoms with Crippen LogP contribution in [0.2, 0.25) is 0 Å². The standard InChI is InChI=1S/C13H20N2O4S3/c1-8(16)15-11-6-9(4-3-5-19-2)20-13-10(11)7-12(21-13)22(14,17)18/h7,9,11H,3-6H2,1-2H3,(H,15,16)(H2,14,17,18). The first-order valence-electron chi connectivity index (χ1n) is 6.90. The van der Waals surface area contributed by atoms with Crippen LogP contribution in [0.3, 0.4) is 0 Å². The fourth-order valence-corrected chi connectivity index (χ4v) is 6.38. The highest BCUT2D eigenvalue weighted by Gasteiger charge is 2.31. The lowest BCUT2D eigenvalue weighted by Gasteiger charge is -2.29. The van der Waals surface area contributed by atoms with Crippen LogP contribution in [0.5, 0.6) is 0 Å². The number of amides is 1. The van der Waals surface area contributed by atoms with Crippen LogP contribution in [-0.4, -0.2) is 33.3 Å². The molecule has 0 fully saturated rings. The number of fused-ring (bicyclic) bond motifs is 1. The number of rotatable bonds is 6. The minimum absolute atomic E-state index is 0.123. The van der Waals surface area contributed by atoms with Gasteiger partial charge in [0.25, 0.3) is 0 Å². The van der Waals surface area contributed by atoms with E-state index in [0.29, 0.717) is 11.9 Å². The number of carbonyl (C=O) groups excluding carboxylic acids is 1. The average Bonchev–Trinajstić information content (AvgIpc) is 2.82. The SMILES string of the molecule is COCCCC1CC(NC(C)=O)c2cc(S(N)(=O)=O)sc2S1. The summed E-state index contributed by atoms with van der Waals surface area (Å²) in [6.45, 7) is 2.16. The van der Waals surface area contributed by atoms with E-state index < -0.39 is 10.0 Å². The van der Waals surface area contributed by atoms with E-state index in [-0.39, 0.29) is 16.2 Å². The Balaban J connectivity index is 2.23. The molecule has 3 N–H and O–H groups in total. The van der Waals surface area contributed by atoms with Crippen LogP contribution in [0.25, 0.3) is 0 Å². The maximum atomic E-state index is 11.5. The fourth-order valence-electron chi connectivity index (χ4n) is 2.44. The molecule has 1 aliphatic heterocycles. The van der Waals surface area contributed by atoms with Crippen molar-refractivity contribution in [1.29, 1.82) is 0 Å². The zero-order valence-electron chi connectivity index (χ0n) is 12.5. The number of primary sulfonamides is 1. The third-order valence-corrected chi connectivity index (χ3v) is 7.50. The first-order valence-corrected chi connectivity index (χ1v) is 10.1. The minimum Gasteiger partial charge on any atom is -0.385 e. The first kappa shape index (κ1) is 17.7. The molecule has 1 amide bonds. The Bertz CT molecular complexity index is 642. The summed E-state index contributed by atoms with van der Waals surface area (Å²) in [4.78, 5) is 11.4. The van der Waals surface area contributed by atoms with Gasteiger partial charge in [-0.2, -0.15) is 0 Å². The number of hydrogen-bond donors (Lipinski definition) is 2. The molecule has 2 rings (SSSR count). The zero-order valence-corrected chi connectivity index (χ0v) is 14.9. The molecule has 0 aromatic carbocycles. The van der Waals surface area contributed by atoms with Gasteiger partial charge in [0.05, 0.1) is 10.3 Å². The Morgan fingerprint density at radius 2 is 2.27 bits per heavy atom. The molecule has 124 valence electrons. The summed E-state index contributed by atoms with van der Waals surface area (Å²) in [6, 6.07) is 1.43. The van der Waals surface area contributed by atoms with Crippen molar-refractivity contribution in [3.63, 3.8) is 0 Å². The molecule has 2 heterocycles. The molecule has 0 bridgehead atoms. The van der Waals surface area contributed by atoms with Crippen molar-refractivity contribution in [3.05, 3.63) is 11.6 Å². The van der Waals surface area contributed by atoms with Crippen molar-refractivity contribution in [3.8, 4) is 0 Å². The highest BCUT2D eigenvalue weighted by Crippen LogP contribution is 2.47. The topological polar surface area (TPSA) is 98.5 Å². The maximum absolute atomic E-state index is 11.5. The Kier molecular flexibility index (Phi) is 5.89. The average molecular weight is 365 g/mol. The Morgan fingerprint density at radius 3 is 2.86 bits per heavy atom. The zero-order chi connectivity index (χ0) is 16.3. The monoisotopic (exact) mass is 364 g/mol. The molecule has 0 spiro atoms. The van der Waals surface area contributed by atoms with Crippen LogP contribution in [0, 0.1) is 0 Å². The summed E-state index contributed by atoms with van der Waals surface area (Å²) in [5.41, 5.74) is 0.859. The first-order chi connectivity index (χ1) is 10.3. The molecule has 1 aromatic rings. The smallest absolute Gasteiger partial charge is 0.247 e. The molecule has 0 saturated carbocycles. The van der Waals surface area contributed by atoms with Gasteiger partial charge in [-0.3, -0.25) is 4.79 Å². The molecule has 2 unspecified atom stereocenters. The van der Waals surface area contributed by atoms with Crippen molar-refractivity contribution in [2.75, 3.05) is 13.7 Å². The van der Waals surface area contributed by atoms with Crippen molar-refractivity contribution in [2.45, 2.75) is 45.9 Å². The van der Waals surface area contributed by atoms with Crippen molar-refractivity contribution in [2.24, 2.45) is 5.14 Å². The van der Waals surface area contributed by atoms with E-state index in [9.17, 15) is 13.2 Å². The number of sulfonamides is 1. The number of methoxy groups -OCH3 is 1. The number of thiophene rings is 1. The van der Waals surface area contributed by atoms with E-state index in [1.165, 1.54) is 18.3 Å². The highest BCUT2D eigenvalue weighted by molar-refractivity contribution is 8.02. The lowest BCUT2D eigenvalue weighted by atomic mass is 10.0. The normalized spacial score (nSPS) is 21.4. The van der Waals surface area contributed by atoms with E-state index in [0.717, 1.165) is 29.0 Å². The summed E-state index contributed by atoms with van der Waals surface area (Å²) in [6.07, 6.45) is 2.67. The number of nitrogens with two attached hydrogens (primary N) is 1. The van der Waals surface area contributed by atoms with Crippen molar-refractivity contribution < 1.29 is 17.9 Å². The van der Waals surface area contributed by atoms with E-state index in [1.54, 1.807) is 24.9 Å². The second kappa shape index (κ2) is 7.31. The van der Waals surface area contributed by atoms with Gasteiger partial charge < -0.3 is 10.1 Å². The third kappa shape index (κ3) is 4.45. The fraction of sp³-hybridized carbons (Fsp3) is 0.615. The van der Waals surface area contributed by atoms with Gasteiger partial charge in [0.1, 0.15) is 4.21 Å². The largest absolute Gasteiger partial charge is 0.385 e. The molecular weight excluding hydrogens is 344 g/mol. The van der Waals surface area contributed by atoms with E-state index in [4.69, 9.17) is 9.88 Å². The van der Waals surface area contributed by atoms with Gasteiger partial charge in [-0.1, -0.05) is 0 Å². The van der Waals surface area contributed by atoms with Gasteiger partial charge in [-0.25, -0.2) is 13.6 Å². The van der Waals surface area contributed by atoms with Crippen molar-refractivity contribution in [1.82, 2.24) is 5.32 Å². The van der Waals surface area contributed by atoms with Gasteiger partial charge >= 0.3 is 0 Å². The van der Waals surface area contributed by atoms with E-state index in [2.05, 4.69) is 5.32 Å². The summed E-state index contributed by atoms with van der Waals surface area (Å²) < 4.78 is 29.2. The van der Waals surface area contributed by atoms with Gasteiger partial charge in [-0.05, 0) is 25.3 Å². The summed E-state index contributed by atoms with van der Waals surface area (Å²) in [5.74, 6) is -0.123. The van der Waals surface area contributed by atoms with Crippen LogP contribution < -0.4 is 10.5 Å². The molecule has 0 radical (unpaired) electrons. The molecule has 2 atom stereocenters. The number of carbonyl (C=O) groups is 1. The van der Waals surface area contributed by atoms with Crippen LogP contribution in [0.4, 0.5) is 0 Å². The van der Waals surface area contributed by atoms with Crippen LogP contribution in [0.1, 0.15) is 37.8 Å². The lowest BCUT2D eigenvalue weighted by molar-refractivity contribution is -0.119. The molecule has 1 aromatic heterocycles. The predicted octanol–water partition coefficient (Wildman–Crippen LogP) is 1.86. The molecule has 0 saturated heterocycles. The number of ether oxygens (including phenoxy) is 1. The second-order valence-electron chi connectivity index (χ2n) is 5.22.